The highest BCUT2D eigenvalue weighted by Crippen LogP contribution is 2.23. The first kappa shape index (κ1) is 13.1. The van der Waals surface area contributed by atoms with Crippen LogP contribution < -0.4 is 5.32 Å². The average molecular weight is 223 g/mol. The van der Waals surface area contributed by atoms with Gasteiger partial charge in [-0.3, -0.25) is 4.68 Å². The maximum absolute atomic E-state index is 4.58. The molecule has 1 unspecified atom stereocenters. The van der Waals surface area contributed by atoms with Gasteiger partial charge >= 0.3 is 0 Å². The van der Waals surface area contributed by atoms with Crippen molar-refractivity contribution in [2.45, 2.75) is 66.5 Å². The molecule has 1 atom stereocenters. The Balaban J connectivity index is 2.88. The number of hydrogen-bond donors (Lipinski definition) is 1. The van der Waals surface area contributed by atoms with Gasteiger partial charge in [0.2, 0.25) is 0 Å². The van der Waals surface area contributed by atoms with Crippen LogP contribution in [-0.2, 0) is 0 Å². The van der Waals surface area contributed by atoms with E-state index in [4.69, 9.17) is 0 Å². The van der Waals surface area contributed by atoms with Crippen molar-refractivity contribution < 1.29 is 0 Å². The maximum Gasteiger partial charge on any atom is 0.0828 e. The molecule has 92 valence electrons. The van der Waals surface area contributed by atoms with Crippen LogP contribution in [0.1, 0.15) is 58.0 Å². The fourth-order valence-corrected chi connectivity index (χ4v) is 2.13. The molecule has 0 aliphatic carbocycles. The van der Waals surface area contributed by atoms with Crippen molar-refractivity contribution in [3.63, 3.8) is 0 Å². The lowest BCUT2D eigenvalue weighted by molar-refractivity contribution is 0.516. The van der Waals surface area contributed by atoms with E-state index in [9.17, 15) is 0 Å². The van der Waals surface area contributed by atoms with Gasteiger partial charge in [-0.25, -0.2) is 0 Å². The third-order valence-corrected chi connectivity index (χ3v) is 2.93. The van der Waals surface area contributed by atoms with Crippen molar-refractivity contribution in [2.75, 3.05) is 5.32 Å². The summed E-state index contributed by atoms with van der Waals surface area (Å²) >= 11 is 0. The Labute approximate surface area is 99.2 Å². The summed E-state index contributed by atoms with van der Waals surface area (Å²) in [6.45, 7) is 13.0. The number of anilines is 1. The minimum absolute atomic E-state index is 0.427. The van der Waals surface area contributed by atoms with Gasteiger partial charge in [0.25, 0.3) is 0 Å². The lowest BCUT2D eigenvalue weighted by Gasteiger charge is -2.15. The Morgan fingerprint density at radius 1 is 1.25 bits per heavy atom. The molecule has 1 heterocycles. The Morgan fingerprint density at radius 2 is 1.88 bits per heavy atom. The fourth-order valence-electron chi connectivity index (χ4n) is 2.13. The molecule has 1 N–H and O–H groups in total. The molecule has 0 bridgehead atoms. The zero-order chi connectivity index (χ0) is 12.3. The normalized spacial score (nSPS) is 13.2. The summed E-state index contributed by atoms with van der Waals surface area (Å²) in [5.41, 5.74) is 3.57. The molecule has 0 aromatic carbocycles. The molecule has 1 rings (SSSR count). The molecule has 0 amide bonds. The van der Waals surface area contributed by atoms with Crippen molar-refractivity contribution in [3.8, 4) is 0 Å². The highest BCUT2D eigenvalue weighted by atomic mass is 15.3. The smallest absolute Gasteiger partial charge is 0.0828 e. The van der Waals surface area contributed by atoms with Crippen LogP contribution in [0.25, 0.3) is 0 Å². The van der Waals surface area contributed by atoms with E-state index in [-0.39, 0.29) is 0 Å². The highest BCUT2D eigenvalue weighted by molar-refractivity contribution is 5.52. The zero-order valence-electron chi connectivity index (χ0n) is 11.5. The predicted octanol–water partition coefficient (Wildman–Crippen LogP) is 3.68. The van der Waals surface area contributed by atoms with Crippen molar-refractivity contribution in [2.24, 2.45) is 0 Å². The first-order valence-corrected chi connectivity index (χ1v) is 6.29. The van der Waals surface area contributed by atoms with Crippen LogP contribution in [0, 0.1) is 13.8 Å². The highest BCUT2D eigenvalue weighted by Gasteiger charge is 2.14. The first-order valence-electron chi connectivity index (χ1n) is 6.29. The van der Waals surface area contributed by atoms with Gasteiger partial charge in [-0.1, -0.05) is 13.3 Å². The lowest BCUT2D eigenvalue weighted by atomic mass is 10.2. The molecular weight excluding hydrogens is 198 g/mol. The summed E-state index contributed by atoms with van der Waals surface area (Å²) < 4.78 is 2.09. The molecule has 1 aromatic heterocycles. The minimum atomic E-state index is 0.427. The van der Waals surface area contributed by atoms with E-state index in [0.717, 1.165) is 5.69 Å². The first-order chi connectivity index (χ1) is 7.47. The number of aromatic nitrogens is 2. The molecule has 16 heavy (non-hydrogen) atoms. The number of nitrogens with zero attached hydrogens (tertiary/aromatic N) is 2. The topological polar surface area (TPSA) is 29.9 Å². The number of rotatable bonds is 5. The standard InChI is InChI=1S/C13H25N3/c1-7-8-10(4)14-13-11(5)15-16(9(2)3)12(13)6/h9-10,14H,7-8H2,1-6H3. The van der Waals surface area contributed by atoms with Gasteiger partial charge < -0.3 is 5.32 Å². The summed E-state index contributed by atoms with van der Waals surface area (Å²) in [6, 6.07) is 0.947. The average Bonchev–Trinajstić information content (AvgIpc) is 2.46. The van der Waals surface area contributed by atoms with E-state index in [1.165, 1.54) is 24.2 Å². The van der Waals surface area contributed by atoms with Crippen molar-refractivity contribution in [1.82, 2.24) is 9.78 Å². The molecule has 1 aromatic rings. The van der Waals surface area contributed by atoms with E-state index < -0.39 is 0 Å². The van der Waals surface area contributed by atoms with Gasteiger partial charge in [0, 0.05) is 12.1 Å². The molecule has 0 spiro atoms. The predicted molar refractivity (Wildman–Crippen MR) is 70.1 cm³/mol. The number of aryl methyl sites for hydroxylation is 1. The Hall–Kier alpha value is -0.990. The van der Waals surface area contributed by atoms with Gasteiger partial charge in [0.05, 0.1) is 17.1 Å². The van der Waals surface area contributed by atoms with Gasteiger partial charge in [-0.2, -0.15) is 5.10 Å². The lowest BCUT2D eigenvalue weighted by Crippen LogP contribution is -2.15. The second kappa shape index (κ2) is 5.37. The summed E-state index contributed by atoms with van der Waals surface area (Å²) in [6.07, 6.45) is 2.41. The van der Waals surface area contributed by atoms with Gasteiger partial charge in [0.1, 0.15) is 0 Å². The monoisotopic (exact) mass is 223 g/mol. The summed E-state index contributed by atoms with van der Waals surface area (Å²) in [5, 5.41) is 8.15. The molecule has 0 saturated heterocycles. The molecule has 0 aliphatic heterocycles. The minimum Gasteiger partial charge on any atom is -0.380 e. The molecular formula is C13H25N3. The van der Waals surface area contributed by atoms with E-state index in [1.54, 1.807) is 0 Å². The maximum atomic E-state index is 4.58. The van der Waals surface area contributed by atoms with Crippen molar-refractivity contribution >= 4 is 5.69 Å². The molecule has 0 saturated carbocycles. The second-order valence-corrected chi connectivity index (χ2v) is 4.92. The molecule has 0 aliphatic rings. The Bertz CT molecular complexity index is 339. The summed E-state index contributed by atoms with van der Waals surface area (Å²) in [5.74, 6) is 0. The van der Waals surface area contributed by atoms with Crippen LogP contribution in [0.2, 0.25) is 0 Å². The van der Waals surface area contributed by atoms with Gasteiger partial charge in [-0.05, 0) is 41.0 Å². The third kappa shape index (κ3) is 2.77. The molecule has 3 heteroatoms. The number of hydrogen-bond acceptors (Lipinski definition) is 2. The quantitative estimate of drug-likeness (QED) is 0.825. The molecule has 3 nitrogen and oxygen atoms in total. The van der Waals surface area contributed by atoms with Gasteiger partial charge in [-0.15, -0.1) is 0 Å². The van der Waals surface area contributed by atoms with Crippen LogP contribution in [0.3, 0.4) is 0 Å². The zero-order valence-corrected chi connectivity index (χ0v) is 11.5. The third-order valence-electron chi connectivity index (χ3n) is 2.93. The molecule has 0 radical (unpaired) electrons. The van der Waals surface area contributed by atoms with E-state index in [2.05, 4.69) is 56.6 Å². The second-order valence-electron chi connectivity index (χ2n) is 4.92. The molecule has 0 fully saturated rings. The largest absolute Gasteiger partial charge is 0.380 e. The van der Waals surface area contributed by atoms with Crippen molar-refractivity contribution in [1.29, 1.82) is 0 Å². The van der Waals surface area contributed by atoms with Crippen LogP contribution in [0.15, 0.2) is 0 Å². The number of nitrogens with one attached hydrogen (secondary N) is 1. The van der Waals surface area contributed by atoms with Crippen LogP contribution in [0.4, 0.5) is 5.69 Å². The van der Waals surface area contributed by atoms with Crippen LogP contribution in [-0.4, -0.2) is 15.8 Å². The summed E-state index contributed by atoms with van der Waals surface area (Å²) in [7, 11) is 0. The summed E-state index contributed by atoms with van der Waals surface area (Å²) in [4.78, 5) is 0. The SMILES string of the molecule is CCCC(C)Nc1c(C)nn(C(C)C)c1C. The van der Waals surface area contributed by atoms with E-state index in [1.807, 2.05) is 0 Å². The van der Waals surface area contributed by atoms with E-state index >= 15 is 0 Å². The Kier molecular flexibility index (Phi) is 4.39. The van der Waals surface area contributed by atoms with Crippen molar-refractivity contribution in [3.05, 3.63) is 11.4 Å². The van der Waals surface area contributed by atoms with Crippen LogP contribution in [0.5, 0.6) is 0 Å². The van der Waals surface area contributed by atoms with E-state index in [0.29, 0.717) is 12.1 Å². The fraction of sp³-hybridized carbons (Fsp3) is 0.769. The van der Waals surface area contributed by atoms with Crippen LogP contribution >= 0.6 is 0 Å². The Morgan fingerprint density at radius 3 is 2.31 bits per heavy atom. The van der Waals surface area contributed by atoms with Gasteiger partial charge in [0.15, 0.2) is 0 Å².